The molecule has 1 N–H and O–H groups in total. The fraction of sp³-hybridized carbons (Fsp3) is 0.462. The molecule has 1 saturated carbocycles. The smallest absolute Gasteiger partial charge is 0.259 e. The molecule has 7 heteroatoms. The van der Waals surface area contributed by atoms with Gasteiger partial charge in [0, 0.05) is 12.7 Å². The molecule has 0 saturated heterocycles. The highest BCUT2D eigenvalue weighted by atomic mass is 35.5. The summed E-state index contributed by atoms with van der Waals surface area (Å²) in [5.41, 5.74) is 0.521. The van der Waals surface area contributed by atoms with Gasteiger partial charge < -0.3 is 0 Å². The van der Waals surface area contributed by atoms with E-state index in [2.05, 4.69) is 16.6 Å². The summed E-state index contributed by atoms with van der Waals surface area (Å²) in [6, 6.07) is 5.26. The Labute approximate surface area is 123 Å². The molecule has 1 aliphatic rings. The molecule has 0 aromatic carbocycles. The van der Waals surface area contributed by atoms with Gasteiger partial charge in [-0.25, -0.2) is 18.1 Å². The van der Waals surface area contributed by atoms with Crippen molar-refractivity contribution in [2.24, 2.45) is 11.8 Å². The first-order valence-corrected chi connectivity index (χ1v) is 8.47. The monoisotopic (exact) mass is 313 g/mol. The van der Waals surface area contributed by atoms with Gasteiger partial charge in [0.25, 0.3) is 10.0 Å². The zero-order valence-electron chi connectivity index (χ0n) is 11.1. The summed E-state index contributed by atoms with van der Waals surface area (Å²) in [4.78, 5) is 4.06. The lowest BCUT2D eigenvalue weighted by molar-refractivity contribution is 0.490. The van der Waals surface area contributed by atoms with Crippen LogP contribution in [0.4, 0.5) is 0 Å². The molecule has 108 valence electrons. The Morgan fingerprint density at radius 3 is 2.95 bits per heavy atom. The molecule has 0 spiro atoms. The number of imidazole rings is 1. The molecular formula is C13H16ClN3O2S. The molecule has 2 aromatic rings. The summed E-state index contributed by atoms with van der Waals surface area (Å²) in [6.07, 6.45) is 4.03. The molecule has 0 amide bonds. The standard InChI is InChI=1S/C13H16ClN3O2S/c1-9(10-5-6-10)8-15-20(18,19)13-12(14)16-11-4-2-3-7-17(11)13/h2-4,7,9-10,15H,5-6,8H2,1H3. The van der Waals surface area contributed by atoms with E-state index in [0.29, 0.717) is 24.0 Å². The van der Waals surface area contributed by atoms with Gasteiger partial charge in [-0.05, 0) is 36.8 Å². The van der Waals surface area contributed by atoms with Crippen molar-refractivity contribution in [2.45, 2.75) is 24.8 Å². The fourth-order valence-electron chi connectivity index (χ4n) is 2.33. The fourth-order valence-corrected chi connectivity index (χ4v) is 4.11. The van der Waals surface area contributed by atoms with Gasteiger partial charge in [0.2, 0.25) is 0 Å². The van der Waals surface area contributed by atoms with Crippen LogP contribution < -0.4 is 4.72 Å². The second-order valence-electron chi connectivity index (χ2n) is 5.30. The van der Waals surface area contributed by atoms with Crippen LogP contribution >= 0.6 is 11.6 Å². The van der Waals surface area contributed by atoms with Crippen molar-refractivity contribution in [1.82, 2.24) is 14.1 Å². The van der Waals surface area contributed by atoms with Gasteiger partial charge in [0.15, 0.2) is 10.2 Å². The first kappa shape index (κ1) is 13.9. The zero-order valence-corrected chi connectivity index (χ0v) is 12.7. The van der Waals surface area contributed by atoms with Crippen molar-refractivity contribution in [3.8, 4) is 0 Å². The van der Waals surface area contributed by atoms with Crippen LogP contribution in [0.3, 0.4) is 0 Å². The van der Waals surface area contributed by atoms with Gasteiger partial charge in [-0.2, -0.15) is 0 Å². The van der Waals surface area contributed by atoms with Crippen molar-refractivity contribution >= 4 is 27.3 Å². The van der Waals surface area contributed by atoms with Crippen molar-refractivity contribution in [1.29, 1.82) is 0 Å². The van der Waals surface area contributed by atoms with E-state index in [4.69, 9.17) is 11.6 Å². The third kappa shape index (κ3) is 2.55. The molecule has 20 heavy (non-hydrogen) atoms. The molecule has 0 radical (unpaired) electrons. The number of sulfonamides is 1. The predicted octanol–water partition coefficient (Wildman–Crippen LogP) is 2.31. The van der Waals surface area contributed by atoms with E-state index in [1.54, 1.807) is 24.4 Å². The number of hydrogen-bond acceptors (Lipinski definition) is 3. The summed E-state index contributed by atoms with van der Waals surface area (Å²) >= 11 is 5.99. The highest BCUT2D eigenvalue weighted by Crippen LogP contribution is 2.36. The average Bonchev–Trinajstić information content (AvgIpc) is 3.18. The van der Waals surface area contributed by atoms with E-state index < -0.39 is 10.0 Å². The molecule has 5 nitrogen and oxygen atoms in total. The molecule has 3 rings (SSSR count). The van der Waals surface area contributed by atoms with Gasteiger partial charge in [0.1, 0.15) is 5.65 Å². The Kier molecular flexibility index (Phi) is 3.48. The molecule has 2 aromatic heterocycles. The Hall–Kier alpha value is -1.11. The number of pyridine rings is 1. The van der Waals surface area contributed by atoms with E-state index in [1.165, 1.54) is 17.2 Å². The molecule has 1 unspecified atom stereocenters. The number of aromatic nitrogens is 2. The molecule has 1 atom stereocenters. The van der Waals surface area contributed by atoms with Crippen LogP contribution in [0.25, 0.3) is 5.65 Å². The zero-order chi connectivity index (χ0) is 14.3. The lowest BCUT2D eigenvalue weighted by atomic mass is 10.1. The maximum absolute atomic E-state index is 12.4. The molecular weight excluding hydrogens is 298 g/mol. The number of rotatable bonds is 5. The second kappa shape index (κ2) is 5.02. The lowest BCUT2D eigenvalue weighted by Gasteiger charge is -2.11. The summed E-state index contributed by atoms with van der Waals surface area (Å²) in [5, 5.41) is 0.0144. The number of nitrogens with zero attached hydrogens (tertiary/aromatic N) is 2. The summed E-state index contributed by atoms with van der Waals surface area (Å²) in [5.74, 6) is 0.998. The maximum atomic E-state index is 12.4. The van der Waals surface area contributed by atoms with Crippen molar-refractivity contribution in [2.75, 3.05) is 6.54 Å². The third-order valence-electron chi connectivity index (χ3n) is 3.72. The Balaban J connectivity index is 1.90. The summed E-state index contributed by atoms with van der Waals surface area (Å²) in [6.45, 7) is 2.50. The largest absolute Gasteiger partial charge is 0.288 e. The Morgan fingerprint density at radius 1 is 1.50 bits per heavy atom. The Bertz CT molecular complexity index is 737. The van der Waals surface area contributed by atoms with E-state index in [9.17, 15) is 8.42 Å². The summed E-state index contributed by atoms with van der Waals surface area (Å²) in [7, 11) is -3.66. The highest BCUT2D eigenvalue weighted by molar-refractivity contribution is 7.89. The van der Waals surface area contributed by atoms with E-state index in [1.807, 2.05) is 0 Å². The maximum Gasteiger partial charge on any atom is 0.259 e. The quantitative estimate of drug-likeness (QED) is 0.921. The van der Waals surface area contributed by atoms with Gasteiger partial charge in [0.05, 0.1) is 0 Å². The van der Waals surface area contributed by atoms with Crippen LogP contribution in [0.15, 0.2) is 29.4 Å². The topological polar surface area (TPSA) is 63.5 Å². The lowest BCUT2D eigenvalue weighted by Crippen LogP contribution is -2.30. The first-order valence-electron chi connectivity index (χ1n) is 6.61. The molecule has 1 fully saturated rings. The van der Waals surface area contributed by atoms with Crippen LogP contribution in [0.2, 0.25) is 5.15 Å². The molecule has 2 heterocycles. The van der Waals surface area contributed by atoms with E-state index in [-0.39, 0.29) is 10.2 Å². The second-order valence-corrected chi connectivity index (χ2v) is 7.34. The van der Waals surface area contributed by atoms with Crippen molar-refractivity contribution in [3.63, 3.8) is 0 Å². The minimum Gasteiger partial charge on any atom is -0.288 e. The van der Waals surface area contributed by atoms with Gasteiger partial charge in [-0.1, -0.05) is 24.6 Å². The summed E-state index contributed by atoms with van der Waals surface area (Å²) < 4.78 is 29.0. The third-order valence-corrected chi connectivity index (χ3v) is 5.54. The minimum absolute atomic E-state index is 0.00257. The van der Waals surface area contributed by atoms with Crippen LogP contribution in [0.1, 0.15) is 19.8 Å². The van der Waals surface area contributed by atoms with Crippen LogP contribution in [0.5, 0.6) is 0 Å². The molecule has 0 aliphatic heterocycles. The number of nitrogens with one attached hydrogen (secondary N) is 1. The van der Waals surface area contributed by atoms with Crippen LogP contribution in [0, 0.1) is 11.8 Å². The van der Waals surface area contributed by atoms with Crippen molar-refractivity contribution in [3.05, 3.63) is 29.5 Å². The van der Waals surface area contributed by atoms with E-state index >= 15 is 0 Å². The normalized spacial score (nSPS) is 17.5. The van der Waals surface area contributed by atoms with E-state index in [0.717, 1.165) is 0 Å². The highest BCUT2D eigenvalue weighted by Gasteiger charge is 2.30. The van der Waals surface area contributed by atoms with Gasteiger partial charge >= 0.3 is 0 Å². The number of hydrogen-bond donors (Lipinski definition) is 1. The first-order chi connectivity index (χ1) is 9.49. The van der Waals surface area contributed by atoms with Crippen molar-refractivity contribution < 1.29 is 8.42 Å². The number of halogens is 1. The van der Waals surface area contributed by atoms with Crippen LogP contribution in [-0.2, 0) is 10.0 Å². The van der Waals surface area contributed by atoms with Crippen LogP contribution in [-0.4, -0.2) is 24.3 Å². The minimum atomic E-state index is -3.66. The average molecular weight is 314 g/mol. The SMILES string of the molecule is CC(CNS(=O)(=O)c1c(Cl)nc2ccccn12)C1CC1. The molecule has 1 aliphatic carbocycles. The number of fused-ring (bicyclic) bond motifs is 1. The predicted molar refractivity (Wildman–Crippen MR) is 77.3 cm³/mol. The van der Waals surface area contributed by atoms with Gasteiger partial charge in [-0.3, -0.25) is 4.40 Å². The molecule has 0 bridgehead atoms. The van der Waals surface area contributed by atoms with Gasteiger partial charge in [-0.15, -0.1) is 0 Å². The Morgan fingerprint density at radius 2 is 2.25 bits per heavy atom.